The fourth-order valence-electron chi connectivity index (χ4n) is 3.76. The number of nitrogens with zero attached hydrogens (tertiary/aromatic N) is 2. The van der Waals surface area contributed by atoms with Crippen LogP contribution in [0.2, 0.25) is 5.02 Å². The van der Waals surface area contributed by atoms with Crippen molar-refractivity contribution in [3.05, 3.63) is 64.9 Å². The van der Waals surface area contributed by atoms with Crippen LogP contribution in [0.3, 0.4) is 0 Å². The molecule has 1 unspecified atom stereocenters. The van der Waals surface area contributed by atoms with E-state index in [1.54, 1.807) is 0 Å². The van der Waals surface area contributed by atoms with Gasteiger partial charge in [0.25, 0.3) is 0 Å². The lowest BCUT2D eigenvalue weighted by Crippen LogP contribution is -2.46. The molecule has 1 aromatic heterocycles. The summed E-state index contributed by atoms with van der Waals surface area (Å²) in [5, 5.41) is 3.98. The van der Waals surface area contributed by atoms with Gasteiger partial charge in [-0.2, -0.15) is 0 Å². The van der Waals surface area contributed by atoms with Gasteiger partial charge in [-0.25, -0.2) is 0 Å². The maximum Gasteiger partial charge on any atom is 0.223 e. The summed E-state index contributed by atoms with van der Waals surface area (Å²) in [6.07, 6.45) is 7.85. The highest BCUT2D eigenvalue weighted by Gasteiger charge is 2.33. The Labute approximate surface area is 159 Å². The highest BCUT2D eigenvalue weighted by molar-refractivity contribution is 6.30. The molecule has 4 nitrogen and oxygen atoms in total. The molecule has 2 heterocycles. The van der Waals surface area contributed by atoms with Crippen LogP contribution in [-0.2, 0) is 4.79 Å². The van der Waals surface area contributed by atoms with Gasteiger partial charge in [-0.1, -0.05) is 29.8 Å². The number of piperidine rings is 1. The van der Waals surface area contributed by atoms with E-state index in [9.17, 15) is 4.79 Å². The van der Waals surface area contributed by atoms with Gasteiger partial charge in [-0.15, -0.1) is 0 Å². The van der Waals surface area contributed by atoms with Crippen LogP contribution in [0, 0.1) is 5.92 Å². The molecule has 0 radical (unpaired) electrons. The number of aromatic nitrogens is 1. The molecule has 1 saturated carbocycles. The molecule has 2 aliphatic rings. The van der Waals surface area contributed by atoms with Crippen LogP contribution in [0.4, 0.5) is 0 Å². The van der Waals surface area contributed by atoms with E-state index in [1.807, 2.05) is 30.6 Å². The lowest BCUT2D eigenvalue weighted by Gasteiger charge is -2.38. The zero-order chi connectivity index (χ0) is 17.9. The van der Waals surface area contributed by atoms with Crippen molar-refractivity contribution in [2.45, 2.75) is 37.8 Å². The summed E-state index contributed by atoms with van der Waals surface area (Å²) >= 11 is 6.08. The minimum absolute atomic E-state index is 0.168. The summed E-state index contributed by atoms with van der Waals surface area (Å²) in [5.74, 6) is 0.537. The first-order valence-corrected chi connectivity index (χ1v) is 9.78. The van der Waals surface area contributed by atoms with Crippen molar-refractivity contribution < 1.29 is 4.79 Å². The van der Waals surface area contributed by atoms with Crippen LogP contribution in [0.25, 0.3) is 0 Å². The molecule has 1 aromatic carbocycles. The number of amides is 1. The molecule has 4 rings (SSSR count). The Morgan fingerprint density at radius 3 is 2.42 bits per heavy atom. The number of rotatable bonds is 5. The van der Waals surface area contributed by atoms with Gasteiger partial charge < -0.3 is 5.32 Å². The van der Waals surface area contributed by atoms with Crippen LogP contribution in [0.5, 0.6) is 0 Å². The Morgan fingerprint density at radius 1 is 1.08 bits per heavy atom. The highest BCUT2D eigenvalue weighted by atomic mass is 35.5. The summed E-state index contributed by atoms with van der Waals surface area (Å²) in [4.78, 5) is 18.8. The van der Waals surface area contributed by atoms with E-state index in [2.05, 4.69) is 33.4 Å². The third kappa shape index (κ3) is 4.08. The van der Waals surface area contributed by atoms with E-state index in [-0.39, 0.29) is 17.9 Å². The maximum absolute atomic E-state index is 12.0. The second-order valence-electron chi connectivity index (χ2n) is 7.33. The molecule has 0 bridgehead atoms. The Balaban J connectivity index is 1.48. The van der Waals surface area contributed by atoms with Gasteiger partial charge in [0.05, 0.1) is 6.04 Å². The smallest absolute Gasteiger partial charge is 0.223 e. The van der Waals surface area contributed by atoms with Gasteiger partial charge in [0, 0.05) is 42.5 Å². The molecule has 1 aliphatic heterocycles. The number of likely N-dealkylation sites (tertiary alicyclic amines) is 1. The molecule has 0 spiro atoms. The Bertz CT molecular complexity index is 738. The average molecular weight is 370 g/mol. The highest BCUT2D eigenvalue weighted by Crippen LogP contribution is 2.32. The Morgan fingerprint density at radius 2 is 1.81 bits per heavy atom. The van der Waals surface area contributed by atoms with Gasteiger partial charge in [0.15, 0.2) is 0 Å². The van der Waals surface area contributed by atoms with Gasteiger partial charge in [-0.3, -0.25) is 14.7 Å². The second-order valence-corrected chi connectivity index (χ2v) is 7.77. The number of hydrogen-bond donors (Lipinski definition) is 1. The first kappa shape index (κ1) is 17.5. The van der Waals surface area contributed by atoms with Gasteiger partial charge >= 0.3 is 0 Å². The number of carbonyl (C=O) groups is 1. The van der Waals surface area contributed by atoms with Gasteiger partial charge in [-0.05, 0) is 55.0 Å². The monoisotopic (exact) mass is 369 g/mol. The third-order valence-electron chi connectivity index (χ3n) is 5.38. The molecule has 5 heteroatoms. The van der Waals surface area contributed by atoms with E-state index in [0.29, 0.717) is 6.04 Å². The zero-order valence-corrected chi connectivity index (χ0v) is 15.5. The van der Waals surface area contributed by atoms with E-state index in [1.165, 1.54) is 11.1 Å². The van der Waals surface area contributed by atoms with Crippen molar-refractivity contribution in [2.75, 3.05) is 13.1 Å². The molecule has 1 saturated heterocycles. The van der Waals surface area contributed by atoms with Crippen LogP contribution < -0.4 is 5.32 Å². The number of nitrogens with one attached hydrogen (secondary N) is 1. The Kier molecular flexibility index (Phi) is 5.23. The van der Waals surface area contributed by atoms with Crippen molar-refractivity contribution in [1.82, 2.24) is 15.2 Å². The van der Waals surface area contributed by atoms with Crippen molar-refractivity contribution in [3.8, 4) is 0 Å². The lowest BCUT2D eigenvalue weighted by molar-refractivity contribution is -0.123. The molecule has 1 aliphatic carbocycles. The first-order valence-electron chi connectivity index (χ1n) is 9.40. The topological polar surface area (TPSA) is 45.2 Å². The van der Waals surface area contributed by atoms with Gasteiger partial charge in [0.1, 0.15) is 0 Å². The predicted octanol–water partition coefficient (Wildman–Crippen LogP) is 3.82. The van der Waals surface area contributed by atoms with Crippen molar-refractivity contribution >= 4 is 17.5 Å². The molecule has 1 atom stereocenters. The van der Waals surface area contributed by atoms with E-state index >= 15 is 0 Å². The van der Waals surface area contributed by atoms with Gasteiger partial charge in [0.2, 0.25) is 5.91 Å². The minimum atomic E-state index is 0.168. The van der Waals surface area contributed by atoms with E-state index in [0.717, 1.165) is 43.8 Å². The molecular formula is C21H24ClN3O. The quantitative estimate of drug-likeness (QED) is 0.871. The molecule has 2 aromatic rings. The molecule has 26 heavy (non-hydrogen) atoms. The number of hydrogen-bond acceptors (Lipinski definition) is 3. The van der Waals surface area contributed by atoms with E-state index < -0.39 is 0 Å². The lowest BCUT2D eigenvalue weighted by atomic mass is 9.95. The number of carbonyl (C=O) groups excluding carboxylic acids is 1. The van der Waals surface area contributed by atoms with Crippen molar-refractivity contribution in [1.29, 1.82) is 0 Å². The minimum Gasteiger partial charge on any atom is -0.353 e. The van der Waals surface area contributed by atoms with Crippen LogP contribution >= 0.6 is 11.6 Å². The van der Waals surface area contributed by atoms with Crippen molar-refractivity contribution in [3.63, 3.8) is 0 Å². The van der Waals surface area contributed by atoms with E-state index in [4.69, 9.17) is 11.6 Å². The SMILES string of the molecule is O=C(NC1CCN(C(c2ccc(Cl)cc2)c2cccnc2)CC1)C1CC1. The summed E-state index contributed by atoms with van der Waals surface area (Å²) in [5.41, 5.74) is 2.41. The zero-order valence-electron chi connectivity index (χ0n) is 14.8. The summed E-state index contributed by atoms with van der Waals surface area (Å²) < 4.78 is 0. The molecular weight excluding hydrogens is 346 g/mol. The van der Waals surface area contributed by atoms with Crippen LogP contribution in [-0.4, -0.2) is 34.9 Å². The standard InChI is InChI=1S/C21H24ClN3O/c22-18-7-5-15(6-8-18)20(17-2-1-11-23-14-17)25-12-9-19(10-13-25)24-21(26)16-3-4-16/h1-2,5-8,11,14,16,19-20H,3-4,9-10,12-13H2,(H,24,26). The fourth-order valence-corrected chi connectivity index (χ4v) is 3.89. The second kappa shape index (κ2) is 7.77. The van der Waals surface area contributed by atoms with Crippen LogP contribution in [0.1, 0.15) is 42.9 Å². The normalized spacial score (nSPS) is 19.9. The third-order valence-corrected chi connectivity index (χ3v) is 5.63. The molecule has 136 valence electrons. The average Bonchev–Trinajstić information content (AvgIpc) is 3.51. The molecule has 1 N–H and O–H groups in total. The number of halogens is 1. The summed E-state index contributed by atoms with van der Waals surface area (Å²) in [7, 11) is 0. The maximum atomic E-state index is 12.0. The number of pyridine rings is 1. The largest absolute Gasteiger partial charge is 0.353 e. The van der Waals surface area contributed by atoms with Crippen LogP contribution in [0.15, 0.2) is 48.8 Å². The first-order chi connectivity index (χ1) is 12.7. The van der Waals surface area contributed by atoms with Crippen molar-refractivity contribution in [2.24, 2.45) is 5.92 Å². The molecule has 1 amide bonds. The number of benzene rings is 1. The molecule has 2 fully saturated rings. The summed E-state index contributed by atoms with van der Waals surface area (Å²) in [6.45, 7) is 1.91. The fraction of sp³-hybridized carbons (Fsp3) is 0.429. The predicted molar refractivity (Wildman–Crippen MR) is 103 cm³/mol. The Hall–Kier alpha value is -1.91. The summed E-state index contributed by atoms with van der Waals surface area (Å²) in [6, 6.07) is 12.7.